The van der Waals surface area contributed by atoms with Gasteiger partial charge in [0.25, 0.3) is 0 Å². The number of nitrogens with two attached hydrogens (primary N) is 1. The van der Waals surface area contributed by atoms with Gasteiger partial charge < -0.3 is 0 Å². The van der Waals surface area contributed by atoms with E-state index in [-0.39, 0.29) is 10.8 Å². The Balaban J connectivity index is 3.07. The average Bonchev–Trinajstić information content (AvgIpc) is 2.30. The van der Waals surface area contributed by atoms with Gasteiger partial charge in [-0.2, -0.15) is 4.31 Å². The summed E-state index contributed by atoms with van der Waals surface area (Å²) in [7, 11) is -3.49. The van der Waals surface area contributed by atoms with E-state index in [1.807, 2.05) is 0 Å². The summed E-state index contributed by atoms with van der Waals surface area (Å²) >= 11 is 0. The second-order valence-corrected chi connectivity index (χ2v) is 4.91. The van der Waals surface area contributed by atoms with Crippen LogP contribution in [0.3, 0.4) is 0 Å². The summed E-state index contributed by atoms with van der Waals surface area (Å²) in [5.74, 6) is 5.27. The van der Waals surface area contributed by atoms with Crippen LogP contribution in [-0.2, 0) is 10.0 Å². The van der Waals surface area contributed by atoms with Crippen molar-refractivity contribution in [3.8, 4) is 0 Å². The molecule has 8 heteroatoms. The van der Waals surface area contributed by atoms with Gasteiger partial charge in [0.2, 0.25) is 16.0 Å². The number of rotatable bonds is 5. The van der Waals surface area contributed by atoms with Gasteiger partial charge >= 0.3 is 0 Å². The van der Waals surface area contributed by atoms with Crippen LogP contribution in [0.1, 0.15) is 13.8 Å². The molecule has 90 valence electrons. The first-order valence-corrected chi connectivity index (χ1v) is 6.29. The van der Waals surface area contributed by atoms with Crippen molar-refractivity contribution < 1.29 is 8.42 Å². The monoisotopic (exact) mass is 245 g/mol. The average molecular weight is 245 g/mol. The van der Waals surface area contributed by atoms with Crippen LogP contribution in [0.4, 0.5) is 5.95 Å². The number of anilines is 1. The van der Waals surface area contributed by atoms with Gasteiger partial charge in [0.05, 0.1) is 12.4 Å². The molecule has 7 nitrogen and oxygen atoms in total. The molecule has 0 aliphatic heterocycles. The second kappa shape index (κ2) is 5.19. The molecule has 1 aromatic rings. The van der Waals surface area contributed by atoms with E-state index in [4.69, 9.17) is 5.84 Å². The summed E-state index contributed by atoms with van der Waals surface area (Å²) in [4.78, 5) is 7.59. The van der Waals surface area contributed by atoms with E-state index in [1.165, 1.54) is 16.7 Å². The lowest BCUT2D eigenvalue weighted by atomic mass is 10.7. The van der Waals surface area contributed by atoms with Gasteiger partial charge in [-0.3, -0.25) is 5.43 Å². The fraction of sp³-hybridized carbons (Fsp3) is 0.500. The number of sulfonamides is 1. The molecule has 1 rings (SSSR count). The second-order valence-electron chi connectivity index (χ2n) is 2.98. The first-order valence-electron chi connectivity index (χ1n) is 4.85. The summed E-state index contributed by atoms with van der Waals surface area (Å²) in [5, 5.41) is 0. The fourth-order valence-electron chi connectivity index (χ4n) is 1.24. The minimum atomic E-state index is -3.49. The van der Waals surface area contributed by atoms with Gasteiger partial charge in [0.1, 0.15) is 4.90 Å². The zero-order valence-electron chi connectivity index (χ0n) is 9.21. The summed E-state index contributed by atoms with van der Waals surface area (Å²) in [6.07, 6.45) is 2.46. The van der Waals surface area contributed by atoms with Gasteiger partial charge in [-0.05, 0) is 0 Å². The number of hydrazine groups is 1. The zero-order valence-corrected chi connectivity index (χ0v) is 10.0. The standard InChI is InChI=1S/C8H15N5O2S/c1-3-13(4-2)16(14,15)7-5-10-8(12-9)11-6-7/h5-6H,3-4,9H2,1-2H3,(H,10,11,12). The summed E-state index contributed by atoms with van der Waals surface area (Å²) in [5.41, 5.74) is 2.23. The third-order valence-corrected chi connectivity index (χ3v) is 4.10. The quantitative estimate of drug-likeness (QED) is 0.550. The predicted molar refractivity (Wildman–Crippen MR) is 59.9 cm³/mol. The van der Waals surface area contributed by atoms with E-state index in [0.717, 1.165) is 0 Å². The first kappa shape index (κ1) is 12.8. The number of nitrogens with zero attached hydrogens (tertiary/aromatic N) is 3. The van der Waals surface area contributed by atoms with E-state index in [2.05, 4.69) is 15.4 Å². The van der Waals surface area contributed by atoms with Crippen molar-refractivity contribution >= 4 is 16.0 Å². The number of aromatic nitrogens is 2. The van der Waals surface area contributed by atoms with Gasteiger partial charge in [0, 0.05) is 13.1 Å². The number of hydrogen-bond donors (Lipinski definition) is 2. The van der Waals surface area contributed by atoms with Gasteiger partial charge in [-0.25, -0.2) is 24.2 Å². The molecule has 1 heterocycles. The van der Waals surface area contributed by atoms with Crippen LogP contribution < -0.4 is 11.3 Å². The minimum absolute atomic E-state index is 0.0650. The van der Waals surface area contributed by atoms with Crippen molar-refractivity contribution in [2.45, 2.75) is 18.7 Å². The molecule has 1 aromatic heterocycles. The van der Waals surface area contributed by atoms with Crippen LogP contribution in [-0.4, -0.2) is 35.8 Å². The van der Waals surface area contributed by atoms with Crippen molar-refractivity contribution in [2.24, 2.45) is 5.84 Å². The Morgan fingerprint density at radius 3 is 2.19 bits per heavy atom. The molecule has 0 spiro atoms. The van der Waals surface area contributed by atoms with Crippen LogP contribution in [0.2, 0.25) is 0 Å². The maximum atomic E-state index is 12.0. The van der Waals surface area contributed by atoms with Crippen molar-refractivity contribution in [1.82, 2.24) is 14.3 Å². The Bertz CT molecular complexity index is 426. The van der Waals surface area contributed by atoms with Crippen LogP contribution >= 0.6 is 0 Å². The smallest absolute Gasteiger partial charge is 0.246 e. The molecule has 0 aliphatic rings. The molecular formula is C8H15N5O2S. The molecule has 0 amide bonds. The molecule has 0 fully saturated rings. The van der Waals surface area contributed by atoms with E-state index < -0.39 is 10.0 Å². The fourth-order valence-corrected chi connectivity index (χ4v) is 2.59. The third-order valence-electron chi connectivity index (χ3n) is 2.10. The molecule has 0 aliphatic carbocycles. The van der Waals surface area contributed by atoms with E-state index in [0.29, 0.717) is 13.1 Å². The largest absolute Gasteiger partial charge is 0.292 e. The highest BCUT2D eigenvalue weighted by Crippen LogP contribution is 2.13. The Morgan fingerprint density at radius 1 is 1.31 bits per heavy atom. The first-order chi connectivity index (χ1) is 7.56. The molecule has 16 heavy (non-hydrogen) atoms. The number of nitrogen functional groups attached to an aromatic ring is 1. The molecule has 0 radical (unpaired) electrons. The van der Waals surface area contributed by atoms with Crippen molar-refractivity contribution in [2.75, 3.05) is 18.5 Å². The molecule has 3 N–H and O–H groups in total. The Labute approximate surface area is 94.7 Å². The van der Waals surface area contributed by atoms with E-state index >= 15 is 0 Å². The molecule has 0 aromatic carbocycles. The van der Waals surface area contributed by atoms with Crippen LogP contribution in [0.25, 0.3) is 0 Å². The number of nitrogens with one attached hydrogen (secondary N) is 1. The molecule has 0 bridgehead atoms. The third kappa shape index (κ3) is 2.46. The lowest BCUT2D eigenvalue weighted by Crippen LogP contribution is -2.30. The van der Waals surface area contributed by atoms with Crippen LogP contribution in [0, 0.1) is 0 Å². The lowest BCUT2D eigenvalue weighted by Gasteiger charge is -2.17. The molecular weight excluding hydrogens is 230 g/mol. The molecule has 0 saturated heterocycles. The Kier molecular flexibility index (Phi) is 4.16. The van der Waals surface area contributed by atoms with Crippen molar-refractivity contribution in [3.63, 3.8) is 0 Å². The molecule has 0 saturated carbocycles. The highest BCUT2D eigenvalue weighted by molar-refractivity contribution is 7.89. The van der Waals surface area contributed by atoms with Gasteiger partial charge in [-0.1, -0.05) is 13.8 Å². The van der Waals surface area contributed by atoms with E-state index in [9.17, 15) is 8.42 Å². The topological polar surface area (TPSA) is 101 Å². The normalized spacial score (nSPS) is 11.8. The van der Waals surface area contributed by atoms with Gasteiger partial charge in [-0.15, -0.1) is 0 Å². The maximum Gasteiger partial charge on any atom is 0.246 e. The van der Waals surface area contributed by atoms with Crippen LogP contribution in [0.5, 0.6) is 0 Å². The highest BCUT2D eigenvalue weighted by atomic mass is 32.2. The minimum Gasteiger partial charge on any atom is -0.292 e. The summed E-state index contributed by atoms with van der Waals surface area (Å²) in [6.45, 7) is 4.38. The maximum absolute atomic E-state index is 12.0. The molecule has 0 unspecified atom stereocenters. The Hall–Kier alpha value is -1.25. The summed E-state index contributed by atoms with van der Waals surface area (Å²) < 4.78 is 25.3. The van der Waals surface area contributed by atoms with Crippen LogP contribution in [0.15, 0.2) is 17.3 Å². The number of hydrogen-bond acceptors (Lipinski definition) is 6. The SMILES string of the molecule is CCN(CC)S(=O)(=O)c1cnc(NN)nc1. The van der Waals surface area contributed by atoms with Crippen molar-refractivity contribution in [1.29, 1.82) is 0 Å². The van der Waals surface area contributed by atoms with Crippen molar-refractivity contribution in [3.05, 3.63) is 12.4 Å². The lowest BCUT2D eigenvalue weighted by molar-refractivity contribution is 0.444. The highest BCUT2D eigenvalue weighted by Gasteiger charge is 2.22. The zero-order chi connectivity index (χ0) is 12.2. The van der Waals surface area contributed by atoms with Gasteiger partial charge in [0.15, 0.2) is 0 Å². The Morgan fingerprint density at radius 2 is 1.81 bits per heavy atom. The predicted octanol–water partition coefficient (Wildman–Crippen LogP) is -0.207. The van der Waals surface area contributed by atoms with E-state index in [1.54, 1.807) is 13.8 Å². The molecule has 0 atom stereocenters. The summed E-state index contributed by atoms with van der Waals surface area (Å²) in [6, 6.07) is 0.